The second-order valence-corrected chi connectivity index (χ2v) is 6.05. The maximum Gasteiger partial charge on any atom is 0.227 e. The first-order chi connectivity index (χ1) is 9.61. The molecule has 1 atom stereocenters. The first kappa shape index (κ1) is 18.6. The zero-order valence-corrected chi connectivity index (χ0v) is 14.2. The van der Waals surface area contributed by atoms with Gasteiger partial charge in [0.2, 0.25) is 5.91 Å². The Hall–Kier alpha value is -0.480. The molecule has 1 heterocycles. The molecule has 3 nitrogen and oxygen atoms in total. The summed E-state index contributed by atoms with van der Waals surface area (Å²) >= 11 is 11.9. The number of carbonyl (C=O) groups is 1. The Morgan fingerprint density at radius 1 is 1.29 bits per heavy atom. The molecule has 0 saturated carbocycles. The highest BCUT2D eigenvalue weighted by Crippen LogP contribution is 2.24. The van der Waals surface area contributed by atoms with E-state index < -0.39 is 0 Å². The van der Waals surface area contributed by atoms with Crippen molar-refractivity contribution in [1.29, 1.82) is 0 Å². The van der Waals surface area contributed by atoms with Gasteiger partial charge in [-0.3, -0.25) is 4.79 Å². The Labute approximate surface area is 142 Å². The fourth-order valence-electron chi connectivity index (χ4n) is 2.75. The molecule has 0 bridgehead atoms. The number of likely N-dealkylation sites (tertiary alicyclic amines) is 1. The van der Waals surface area contributed by atoms with E-state index in [1.807, 2.05) is 11.0 Å². The number of hydrogen-bond acceptors (Lipinski definition) is 2. The third kappa shape index (κ3) is 5.03. The van der Waals surface area contributed by atoms with Gasteiger partial charge in [-0.05, 0) is 49.9 Å². The number of piperidine rings is 1. The summed E-state index contributed by atoms with van der Waals surface area (Å²) in [5.74, 6) is 0.154. The Morgan fingerprint density at radius 3 is 2.71 bits per heavy atom. The van der Waals surface area contributed by atoms with E-state index in [0.717, 1.165) is 31.4 Å². The molecule has 1 saturated heterocycles. The third-order valence-electron chi connectivity index (χ3n) is 3.79. The van der Waals surface area contributed by atoms with Crippen LogP contribution in [0.25, 0.3) is 0 Å². The van der Waals surface area contributed by atoms with E-state index in [1.165, 1.54) is 6.42 Å². The summed E-state index contributed by atoms with van der Waals surface area (Å²) in [4.78, 5) is 14.4. The number of halogens is 3. The molecule has 1 aromatic carbocycles. The van der Waals surface area contributed by atoms with Crippen molar-refractivity contribution in [1.82, 2.24) is 4.90 Å². The summed E-state index contributed by atoms with van der Waals surface area (Å²) in [6.45, 7) is 1.46. The molecular weight excluding hydrogens is 331 g/mol. The fraction of sp³-hybridized carbons (Fsp3) is 0.533. The highest BCUT2D eigenvalue weighted by atomic mass is 35.5. The molecule has 0 aromatic heterocycles. The van der Waals surface area contributed by atoms with Gasteiger partial charge < -0.3 is 10.6 Å². The van der Waals surface area contributed by atoms with Crippen LogP contribution in [0.2, 0.25) is 10.0 Å². The van der Waals surface area contributed by atoms with Gasteiger partial charge in [0.1, 0.15) is 0 Å². The van der Waals surface area contributed by atoms with Crippen molar-refractivity contribution < 1.29 is 4.79 Å². The molecule has 1 fully saturated rings. The molecule has 1 amide bonds. The zero-order chi connectivity index (χ0) is 14.5. The average Bonchev–Trinajstić information content (AvgIpc) is 2.44. The molecule has 1 aliphatic heterocycles. The van der Waals surface area contributed by atoms with Crippen LogP contribution in [0.5, 0.6) is 0 Å². The predicted molar refractivity (Wildman–Crippen MR) is 90.4 cm³/mol. The van der Waals surface area contributed by atoms with Crippen LogP contribution in [0, 0.1) is 0 Å². The zero-order valence-electron chi connectivity index (χ0n) is 11.9. The predicted octanol–water partition coefficient (Wildman–Crippen LogP) is 3.69. The van der Waals surface area contributed by atoms with E-state index in [2.05, 4.69) is 0 Å². The largest absolute Gasteiger partial charge is 0.339 e. The van der Waals surface area contributed by atoms with Crippen molar-refractivity contribution in [3.05, 3.63) is 33.8 Å². The topological polar surface area (TPSA) is 46.3 Å². The molecule has 1 unspecified atom stereocenters. The Bertz CT molecular complexity index is 480. The van der Waals surface area contributed by atoms with Gasteiger partial charge in [-0.1, -0.05) is 29.3 Å². The monoisotopic (exact) mass is 350 g/mol. The van der Waals surface area contributed by atoms with Crippen LogP contribution in [0.1, 0.15) is 31.2 Å². The minimum Gasteiger partial charge on any atom is -0.339 e. The minimum absolute atomic E-state index is 0. The lowest BCUT2D eigenvalue weighted by Crippen LogP contribution is -2.45. The first-order valence-corrected chi connectivity index (χ1v) is 7.81. The normalized spacial score (nSPS) is 18.2. The molecule has 0 radical (unpaired) electrons. The van der Waals surface area contributed by atoms with E-state index in [9.17, 15) is 4.79 Å². The average molecular weight is 352 g/mol. The van der Waals surface area contributed by atoms with E-state index in [-0.39, 0.29) is 18.3 Å². The third-order valence-corrected chi connectivity index (χ3v) is 4.53. The van der Waals surface area contributed by atoms with Crippen molar-refractivity contribution in [3.8, 4) is 0 Å². The van der Waals surface area contributed by atoms with Gasteiger partial charge in [0.25, 0.3) is 0 Å². The van der Waals surface area contributed by atoms with Crippen molar-refractivity contribution in [2.24, 2.45) is 5.73 Å². The fourth-order valence-corrected chi connectivity index (χ4v) is 3.07. The maximum atomic E-state index is 12.5. The van der Waals surface area contributed by atoms with Gasteiger partial charge in [-0.25, -0.2) is 0 Å². The molecule has 2 N–H and O–H groups in total. The molecule has 1 aliphatic rings. The molecule has 6 heteroatoms. The number of nitrogens with two attached hydrogens (primary N) is 1. The minimum atomic E-state index is 0. The van der Waals surface area contributed by atoms with E-state index >= 15 is 0 Å². The molecule has 21 heavy (non-hydrogen) atoms. The smallest absolute Gasteiger partial charge is 0.227 e. The number of benzene rings is 1. The molecule has 0 aliphatic carbocycles. The number of amides is 1. The number of hydrogen-bond donors (Lipinski definition) is 1. The molecule has 1 aromatic rings. The number of nitrogens with zero attached hydrogens (tertiary/aromatic N) is 1. The van der Waals surface area contributed by atoms with E-state index in [4.69, 9.17) is 28.9 Å². The van der Waals surface area contributed by atoms with Crippen molar-refractivity contribution in [3.63, 3.8) is 0 Å². The highest BCUT2D eigenvalue weighted by Gasteiger charge is 2.25. The number of rotatable bonds is 4. The Morgan fingerprint density at radius 2 is 2.05 bits per heavy atom. The summed E-state index contributed by atoms with van der Waals surface area (Å²) < 4.78 is 0. The van der Waals surface area contributed by atoms with Gasteiger partial charge in [0.05, 0.1) is 16.5 Å². The van der Waals surface area contributed by atoms with Gasteiger partial charge in [-0.2, -0.15) is 0 Å². The second kappa shape index (κ2) is 8.84. The molecule has 118 valence electrons. The van der Waals surface area contributed by atoms with Crippen LogP contribution >= 0.6 is 35.6 Å². The quantitative estimate of drug-likeness (QED) is 0.899. The van der Waals surface area contributed by atoms with Gasteiger partial charge in [-0.15, -0.1) is 12.4 Å². The summed E-state index contributed by atoms with van der Waals surface area (Å²) in [7, 11) is 0. The van der Waals surface area contributed by atoms with Crippen LogP contribution < -0.4 is 5.73 Å². The lowest BCUT2D eigenvalue weighted by Gasteiger charge is -2.36. The summed E-state index contributed by atoms with van der Waals surface area (Å²) in [5.41, 5.74) is 6.54. The van der Waals surface area contributed by atoms with E-state index in [0.29, 0.717) is 29.1 Å². The second-order valence-electron chi connectivity index (χ2n) is 5.24. The van der Waals surface area contributed by atoms with Crippen LogP contribution in [0.4, 0.5) is 0 Å². The molecule has 2 rings (SSSR count). The number of carbonyl (C=O) groups excluding carboxylic acids is 1. The van der Waals surface area contributed by atoms with Crippen molar-refractivity contribution in [2.45, 2.75) is 38.1 Å². The standard InChI is InChI=1S/C15H20Cl2N2O.ClH/c16-13-5-4-11(9-14(13)17)10-15(20)19-8-2-1-3-12(19)6-7-18;/h4-5,9,12H,1-3,6-8,10,18H2;1H. The SMILES string of the molecule is Cl.NCCC1CCCCN1C(=O)Cc1ccc(Cl)c(Cl)c1. The van der Waals surface area contributed by atoms with Crippen LogP contribution in [0.15, 0.2) is 18.2 Å². The molecular formula is C15H21Cl3N2O. The Kier molecular flexibility index (Phi) is 7.82. The van der Waals surface area contributed by atoms with Crippen LogP contribution in [0.3, 0.4) is 0 Å². The van der Waals surface area contributed by atoms with Gasteiger partial charge >= 0.3 is 0 Å². The van der Waals surface area contributed by atoms with Crippen molar-refractivity contribution in [2.75, 3.05) is 13.1 Å². The van der Waals surface area contributed by atoms with Gasteiger partial charge in [0, 0.05) is 12.6 Å². The Balaban J connectivity index is 0.00000220. The van der Waals surface area contributed by atoms with E-state index in [1.54, 1.807) is 12.1 Å². The molecule has 0 spiro atoms. The summed E-state index contributed by atoms with van der Waals surface area (Å²) in [5, 5.41) is 1.01. The first-order valence-electron chi connectivity index (χ1n) is 7.05. The van der Waals surface area contributed by atoms with Crippen LogP contribution in [-0.2, 0) is 11.2 Å². The summed E-state index contributed by atoms with van der Waals surface area (Å²) in [6, 6.07) is 5.65. The highest BCUT2D eigenvalue weighted by molar-refractivity contribution is 6.42. The summed E-state index contributed by atoms with van der Waals surface area (Å²) in [6.07, 6.45) is 4.57. The van der Waals surface area contributed by atoms with Gasteiger partial charge in [0.15, 0.2) is 0 Å². The van der Waals surface area contributed by atoms with Crippen LogP contribution in [-0.4, -0.2) is 29.9 Å². The lowest BCUT2D eigenvalue weighted by atomic mass is 9.98. The van der Waals surface area contributed by atoms with Crippen molar-refractivity contribution >= 4 is 41.5 Å². The lowest BCUT2D eigenvalue weighted by molar-refractivity contribution is -0.134. The maximum absolute atomic E-state index is 12.5.